The molecule has 0 radical (unpaired) electrons. The normalized spacial score (nSPS) is 10.7. The Morgan fingerprint density at radius 2 is 1.67 bits per heavy atom. The van der Waals surface area contributed by atoms with E-state index in [0.717, 1.165) is 37.9 Å². The summed E-state index contributed by atoms with van der Waals surface area (Å²) in [6.45, 7) is 2.01. The lowest BCUT2D eigenvalue weighted by atomic mass is 10.0. The number of hydrogen-bond acceptors (Lipinski definition) is 2. The Hall–Kier alpha value is -2.98. The second-order valence-corrected chi connectivity index (χ2v) is 7.32. The van der Waals surface area contributed by atoms with Gasteiger partial charge in [-0.2, -0.15) is 0 Å². The predicted octanol–water partition coefficient (Wildman–Crippen LogP) is 6.23. The van der Waals surface area contributed by atoms with E-state index in [9.17, 15) is 4.79 Å². The molecule has 1 N–H and O–H groups in total. The highest BCUT2D eigenvalue weighted by atomic mass is 79.9. The van der Waals surface area contributed by atoms with Crippen LogP contribution in [0.5, 0.6) is 0 Å². The third kappa shape index (κ3) is 3.76. The third-order valence-electron chi connectivity index (χ3n) is 4.38. The fraction of sp³-hybridized carbons (Fsp3) is 0.0435. The van der Waals surface area contributed by atoms with Crippen LogP contribution in [0.15, 0.2) is 83.3 Å². The molecular formula is C23H17BrN2O. The first kappa shape index (κ1) is 17.4. The van der Waals surface area contributed by atoms with Crippen LogP contribution in [-0.2, 0) is 0 Å². The van der Waals surface area contributed by atoms with Crippen molar-refractivity contribution in [2.45, 2.75) is 6.92 Å². The van der Waals surface area contributed by atoms with Gasteiger partial charge in [-0.3, -0.25) is 4.79 Å². The maximum absolute atomic E-state index is 13.1. The highest BCUT2D eigenvalue weighted by Gasteiger charge is 2.14. The van der Waals surface area contributed by atoms with Crippen LogP contribution >= 0.6 is 15.9 Å². The number of nitrogens with zero attached hydrogens (tertiary/aromatic N) is 1. The van der Waals surface area contributed by atoms with Crippen molar-refractivity contribution in [3.63, 3.8) is 0 Å². The number of benzene rings is 3. The van der Waals surface area contributed by atoms with Crippen molar-refractivity contribution >= 4 is 38.4 Å². The Morgan fingerprint density at radius 1 is 0.926 bits per heavy atom. The average Bonchev–Trinajstić information content (AvgIpc) is 2.69. The van der Waals surface area contributed by atoms with Gasteiger partial charge >= 0.3 is 0 Å². The van der Waals surface area contributed by atoms with Crippen LogP contribution in [0, 0.1) is 6.92 Å². The maximum atomic E-state index is 13.1. The topological polar surface area (TPSA) is 42.0 Å². The number of amides is 1. The molecule has 27 heavy (non-hydrogen) atoms. The van der Waals surface area contributed by atoms with E-state index in [1.807, 2.05) is 85.8 Å². The van der Waals surface area contributed by atoms with Gasteiger partial charge in [-0.1, -0.05) is 57.9 Å². The average molecular weight is 417 g/mol. The molecule has 0 aliphatic carbocycles. The van der Waals surface area contributed by atoms with Gasteiger partial charge in [-0.25, -0.2) is 4.98 Å². The Kier molecular flexibility index (Phi) is 4.73. The van der Waals surface area contributed by atoms with Crippen LogP contribution in [0.4, 0.5) is 5.69 Å². The first-order valence-corrected chi connectivity index (χ1v) is 9.43. The second-order valence-electron chi connectivity index (χ2n) is 6.40. The molecule has 0 saturated heterocycles. The molecule has 132 valence electrons. The summed E-state index contributed by atoms with van der Waals surface area (Å²) in [6, 6.07) is 25.3. The predicted molar refractivity (Wildman–Crippen MR) is 114 cm³/mol. The van der Waals surface area contributed by atoms with E-state index in [2.05, 4.69) is 21.2 Å². The van der Waals surface area contributed by atoms with Gasteiger partial charge in [-0.15, -0.1) is 0 Å². The molecule has 0 saturated carbocycles. The summed E-state index contributed by atoms with van der Waals surface area (Å²) in [7, 11) is 0. The van der Waals surface area contributed by atoms with Gasteiger partial charge in [0.1, 0.15) is 0 Å². The van der Waals surface area contributed by atoms with Crippen LogP contribution in [0.3, 0.4) is 0 Å². The first-order chi connectivity index (χ1) is 13.1. The van der Waals surface area contributed by atoms with Gasteiger partial charge in [0, 0.05) is 21.1 Å². The van der Waals surface area contributed by atoms with Crippen LogP contribution in [0.1, 0.15) is 15.9 Å². The van der Waals surface area contributed by atoms with Crippen molar-refractivity contribution in [1.29, 1.82) is 0 Å². The summed E-state index contributed by atoms with van der Waals surface area (Å²) in [4.78, 5) is 17.8. The fourth-order valence-corrected chi connectivity index (χ4v) is 3.28. The van der Waals surface area contributed by atoms with Gasteiger partial charge < -0.3 is 5.32 Å². The summed E-state index contributed by atoms with van der Waals surface area (Å²) in [6.07, 6.45) is 0. The highest BCUT2D eigenvalue weighted by molar-refractivity contribution is 9.10. The summed E-state index contributed by atoms with van der Waals surface area (Å²) in [5.41, 5.74) is 5.04. The number of fused-ring (bicyclic) bond motifs is 1. The molecular weight excluding hydrogens is 400 g/mol. The molecule has 3 nitrogen and oxygen atoms in total. The molecule has 0 aliphatic heterocycles. The number of halogens is 1. The lowest BCUT2D eigenvalue weighted by Crippen LogP contribution is -2.13. The SMILES string of the molecule is Cc1ccc2nc(-c3ccccc3)cc(C(=O)Nc3ccc(Br)cc3)c2c1. The highest BCUT2D eigenvalue weighted by Crippen LogP contribution is 2.26. The molecule has 4 rings (SSSR count). The number of rotatable bonds is 3. The molecule has 1 heterocycles. The summed E-state index contributed by atoms with van der Waals surface area (Å²) < 4.78 is 0.969. The minimum Gasteiger partial charge on any atom is -0.322 e. The van der Waals surface area contributed by atoms with E-state index in [1.165, 1.54) is 0 Å². The molecule has 0 spiro atoms. The molecule has 4 heteroatoms. The Balaban J connectivity index is 1.82. The number of nitrogens with one attached hydrogen (secondary N) is 1. The minimum atomic E-state index is -0.146. The van der Waals surface area contributed by atoms with Gasteiger partial charge in [0.15, 0.2) is 0 Å². The molecule has 0 bridgehead atoms. The number of anilines is 1. The number of aryl methyl sites for hydroxylation is 1. The summed E-state index contributed by atoms with van der Waals surface area (Å²) in [5, 5.41) is 3.84. The van der Waals surface area contributed by atoms with E-state index in [4.69, 9.17) is 4.98 Å². The van der Waals surface area contributed by atoms with Crippen molar-refractivity contribution < 1.29 is 4.79 Å². The van der Waals surface area contributed by atoms with Crippen LogP contribution < -0.4 is 5.32 Å². The van der Waals surface area contributed by atoms with Crippen molar-refractivity contribution in [1.82, 2.24) is 4.98 Å². The standard InChI is InChI=1S/C23H17BrN2O/c1-15-7-12-21-19(13-15)20(14-22(26-21)16-5-3-2-4-6-16)23(27)25-18-10-8-17(24)9-11-18/h2-14H,1H3,(H,25,27). The van der Waals surface area contributed by atoms with Gasteiger partial charge in [0.2, 0.25) is 0 Å². The number of hydrogen-bond donors (Lipinski definition) is 1. The summed E-state index contributed by atoms with van der Waals surface area (Å²) in [5.74, 6) is -0.146. The van der Waals surface area contributed by atoms with Crippen molar-refractivity contribution in [3.05, 3.63) is 94.5 Å². The quantitative estimate of drug-likeness (QED) is 0.430. The molecule has 0 fully saturated rings. The monoisotopic (exact) mass is 416 g/mol. The van der Waals surface area contributed by atoms with E-state index in [0.29, 0.717) is 5.56 Å². The molecule has 0 atom stereocenters. The van der Waals surface area contributed by atoms with E-state index in [1.54, 1.807) is 0 Å². The first-order valence-electron chi connectivity index (χ1n) is 8.64. The number of carbonyl (C=O) groups excluding carboxylic acids is 1. The largest absolute Gasteiger partial charge is 0.322 e. The van der Waals surface area contributed by atoms with E-state index in [-0.39, 0.29) is 5.91 Å². The Labute approximate surface area is 166 Å². The molecule has 3 aromatic carbocycles. The number of pyridine rings is 1. The third-order valence-corrected chi connectivity index (χ3v) is 4.91. The zero-order valence-corrected chi connectivity index (χ0v) is 16.3. The van der Waals surface area contributed by atoms with Crippen LogP contribution in [0.25, 0.3) is 22.2 Å². The van der Waals surface area contributed by atoms with Crippen molar-refractivity contribution in [2.75, 3.05) is 5.32 Å². The number of aromatic nitrogens is 1. The molecule has 4 aromatic rings. The van der Waals surface area contributed by atoms with Gasteiger partial charge in [0.25, 0.3) is 5.91 Å². The second kappa shape index (κ2) is 7.33. The minimum absolute atomic E-state index is 0.146. The van der Waals surface area contributed by atoms with Crippen molar-refractivity contribution in [3.8, 4) is 11.3 Å². The molecule has 0 aliphatic rings. The van der Waals surface area contributed by atoms with E-state index >= 15 is 0 Å². The van der Waals surface area contributed by atoms with Crippen molar-refractivity contribution in [2.24, 2.45) is 0 Å². The van der Waals surface area contributed by atoms with E-state index < -0.39 is 0 Å². The van der Waals surface area contributed by atoms with Gasteiger partial charge in [-0.05, 0) is 49.4 Å². The zero-order chi connectivity index (χ0) is 18.8. The maximum Gasteiger partial charge on any atom is 0.256 e. The number of carbonyl (C=O) groups is 1. The van der Waals surface area contributed by atoms with Crippen LogP contribution in [0.2, 0.25) is 0 Å². The lowest BCUT2D eigenvalue weighted by molar-refractivity contribution is 0.102. The lowest BCUT2D eigenvalue weighted by Gasteiger charge is -2.11. The molecule has 1 aromatic heterocycles. The van der Waals surface area contributed by atoms with Gasteiger partial charge in [0.05, 0.1) is 16.8 Å². The Morgan fingerprint density at radius 3 is 2.41 bits per heavy atom. The zero-order valence-electron chi connectivity index (χ0n) is 14.7. The Bertz CT molecular complexity index is 1120. The fourth-order valence-electron chi connectivity index (χ4n) is 3.02. The van der Waals surface area contributed by atoms with Crippen LogP contribution in [-0.4, -0.2) is 10.9 Å². The smallest absolute Gasteiger partial charge is 0.256 e. The molecule has 1 amide bonds. The summed E-state index contributed by atoms with van der Waals surface area (Å²) >= 11 is 3.41. The molecule has 0 unspecified atom stereocenters.